The van der Waals surface area contributed by atoms with E-state index in [9.17, 15) is 14.7 Å². The summed E-state index contributed by atoms with van der Waals surface area (Å²) in [5.41, 5.74) is -0.171. The fraction of sp³-hybridized carbons (Fsp3) is 0.882. The summed E-state index contributed by atoms with van der Waals surface area (Å²) in [7, 11) is 0. The molecule has 0 spiro atoms. The maximum absolute atomic E-state index is 11.2. The van der Waals surface area contributed by atoms with Gasteiger partial charge < -0.3 is 10.2 Å². The van der Waals surface area contributed by atoms with Gasteiger partial charge in [0.15, 0.2) is 0 Å². The largest absolute Gasteiger partial charge is 0.481 e. The highest BCUT2D eigenvalue weighted by atomic mass is 16.4. The average Bonchev–Trinajstić information content (AvgIpc) is 2.33. The van der Waals surface area contributed by atoms with Crippen LogP contribution in [0, 0.1) is 11.3 Å². The van der Waals surface area contributed by atoms with Crippen LogP contribution in [0.15, 0.2) is 0 Å². The zero-order valence-corrected chi connectivity index (χ0v) is 13.9. The third-order valence-corrected chi connectivity index (χ3v) is 3.98. The fourth-order valence-corrected chi connectivity index (χ4v) is 2.61. The number of carboxylic acid groups (broad SMARTS) is 2. The Morgan fingerprint density at radius 1 is 0.810 bits per heavy atom. The Balaban J connectivity index is 3.51. The number of carboxylic acids is 2. The molecule has 2 N–H and O–H groups in total. The van der Waals surface area contributed by atoms with Gasteiger partial charge in [0.2, 0.25) is 0 Å². The van der Waals surface area contributed by atoms with Crippen LogP contribution >= 0.6 is 0 Å². The van der Waals surface area contributed by atoms with E-state index in [0.717, 1.165) is 51.4 Å². The maximum Gasteiger partial charge on any atom is 0.307 e. The summed E-state index contributed by atoms with van der Waals surface area (Å²) >= 11 is 0. The number of hydrogen-bond donors (Lipinski definition) is 2. The zero-order valence-electron chi connectivity index (χ0n) is 13.9. The van der Waals surface area contributed by atoms with E-state index in [1.807, 2.05) is 20.8 Å². The van der Waals surface area contributed by atoms with E-state index in [1.54, 1.807) is 0 Å². The lowest BCUT2D eigenvalue weighted by atomic mass is 9.78. The second-order valence-corrected chi connectivity index (χ2v) is 7.02. The molecule has 0 aliphatic carbocycles. The van der Waals surface area contributed by atoms with Crippen LogP contribution in [-0.4, -0.2) is 22.2 Å². The van der Waals surface area contributed by atoms with Crippen molar-refractivity contribution in [2.45, 2.75) is 85.0 Å². The lowest BCUT2D eigenvalue weighted by Gasteiger charge is -2.26. The predicted octanol–water partition coefficient (Wildman–Crippen LogP) is 4.72. The molecule has 0 fully saturated rings. The Morgan fingerprint density at radius 3 is 1.62 bits per heavy atom. The van der Waals surface area contributed by atoms with Crippen LogP contribution in [-0.2, 0) is 9.59 Å². The molecule has 0 aliphatic heterocycles. The smallest absolute Gasteiger partial charge is 0.307 e. The number of carbonyl (C=O) groups is 2. The minimum Gasteiger partial charge on any atom is -0.481 e. The van der Waals surface area contributed by atoms with E-state index in [-0.39, 0.29) is 17.8 Å². The Hall–Kier alpha value is -1.06. The van der Waals surface area contributed by atoms with Gasteiger partial charge in [-0.3, -0.25) is 9.59 Å². The number of unbranched alkanes of at least 4 members (excludes halogenated alkanes) is 7. The summed E-state index contributed by atoms with van der Waals surface area (Å²) in [6, 6.07) is 0. The zero-order chi connectivity index (χ0) is 16.3. The molecule has 0 saturated carbocycles. The van der Waals surface area contributed by atoms with Crippen molar-refractivity contribution in [1.82, 2.24) is 0 Å². The van der Waals surface area contributed by atoms with Gasteiger partial charge in [-0.1, -0.05) is 65.7 Å². The highest BCUT2D eigenvalue weighted by molar-refractivity contribution is 5.70. The first-order chi connectivity index (χ1) is 9.75. The van der Waals surface area contributed by atoms with Crippen molar-refractivity contribution in [2.24, 2.45) is 11.3 Å². The van der Waals surface area contributed by atoms with Crippen molar-refractivity contribution in [3.8, 4) is 0 Å². The molecule has 0 aromatic rings. The van der Waals surface area contributed by atoms with E-state index >= 15 is 0 Å². The van der Waals surface area contributed by atoms with Crippen LogP contribution in [0.25, 0.3) is 0 Å². The molecule has 4 nitrogen and oxygen atoms in total. The van der Waals surface area contributed by atoms with E-state index in [0.29, 0.717) is 0 Å². The normalized spacial score (nSPS) is 13.1. The van der Waals surface area contributed by atoms with Gasteiger partial charge in [-0.25, -0.2) is 0 Å². The highest BCUT2D eigenvalue weighted by Gasteiger charge is 2.30. The Labute approximate surface area is 128 Å². The molecule has 0 aromatic carbocycles. The summed E-state index contributed by atoms with van der Waals surface area (Å²) in [4.78, 5) is 21.6. The quantitative estimate of drug-likeness (QED) is 0.511. The van der Waals surface area contributed by atoms with Crippen molar-refractivity contribution in [3.05, 3.63) is 0 Å². The number of hydrogen-bond acceptors (Lipinski definition) is 2. The van der Waals surface area contributed by atoms with Crippen molar-refractivity contribution in [1.29, 1.82) is 0 Å². The summed E-state index contributed by atoms with van der Waals surface area (Å²) < 4.78 is 0. The van der Waals surface area contributed by atoms with Gasteiger partial charge in [-0.05, 0) is 18.3 Å². The van der Waals surface area contributed by atoms with Gasteiger partial charge in [0.05, 0.1) is 5.92 Å². The SMILES string of the molecule is CC(C)(C)C(CCCCCCCCCCC(=O)O)C(=O)O. The topological polar surface area (TPSA) is 74.6 Å². The molecule has 0 radical (unpaired) electrons. The molecule has 0 aromatic heterocycles. The molecule has 0 aliphatic rings. The van der Waals surface area contributed by atoms with Crippen molar-refractivity contribution in [3.63, 3.8) is 0 Å². The third-order valence-electron chi connectivity index (χ3n) is 3.98. The number of rotatable bonds is 12. The molecular formula is C17H32O4. The highest BCUT2D eigenvalue weighted by Crippen LogP contribution is 2.30. The van der Waals surface area contributed by atoms with E-state index in [1.165, 1.54) is 6.42 Å². The molecule has 21 heavy (non-hydrogen) atoms. The van der Waals surface area contributed by atoms with Gasteiger partial charge >= 0.3 is 11.9 Å². The first-order valence-corrected chi connectivity index (χ1v) is 8.19. The number of aliphatic carboxylic acids is 2. The van der Waals surface area contributed by atoms with Crippen LogP contribution in [0.5, 0.6) is 0 Å². The Bertz CT molecular complexity index is 304. The maximum atomic E-state index is 11.2. The van der Waals surface area contributed by atoms with Crippen LogP contribution < -0.4 is 0 Å². The molecule has 0 heterocycles. The van der Waals surface area contributed by atoms with Crippen molar-refractivity contribution < 1.29 is 19.8 Å². The van der Waals surface area contributed by atoms with Crippen LogP contribution in [0.1, 0.15) is 85.0 Å². The molecule has 0 saturated heterocycles. The summed E-state index contributed by atoms with van der Waals surface area (Å²) in [6.45, 7) is 5.97. The molecule has 0 rings (SSSR count). The van der Waals surface area contributed by atoms with E-state index in [4.69, 9.17) is 5.11 Å². The van der Waals surface area contributed by atoms with E-state index < -0.39 is 11.9 Å². The lowest BCUT2D eigenvalue weighted by Crippen LogP contribution is -2.28. The van der Waals surface area contributed by atoms with E-state index in [2.05, 4.69) is 0 Å². The van der Waals surface area contributed by atoms with Crippen LogP contribution in [0.4, 0.5) is 0 Å². The van der Waals surface area contributed by atoms with Crippen LogP contribution in [0.2, 0.25) is 0 Å². The molecule has 0 bridgehead atoms. The van der Waals surface area contributed by atoms with Gasteiger partial charge in [-0.15, -0.1) is 0 Å². The molecule has 1 unspecified atom stereocenters. The van der Waals surface area contributed by atoms with Crippen molar-refractivity contribution in [2.75, 3.05) is 0 Å². The average molecular weight is 300 g/mol. The molecule has 0 amide bonds. The molecular weight excluding hydrogens is 268 g/mol. The molecule has 1 atom stereocenters. The summed E-state index contributed by atoms with van der Waals surface area (Å²) in [5, 5.41) is 17.7. The second-order valence-electron chi connectivity index (χ2n) is 7.02. The molecule has 4 heteroatoms. The minimum absolute atomic E-state index is 0.171. The summed E-state index contributed by atoms with van der Waals surface area (Å²) in [5.74, 6) is -1.64. The fourth-order valence-electron chi connectivity index (χ4n) is 2.61. The van der Waals surface area contributed by atoms with Gasteiger partial charge in [0.25, 0.3) is 0 Å². The van der Waals surface area contributed by atoms with Crippen LogP contribution in [0.3, 0.4) is 0 Å². The molecule has 124 valence electrons. The monoisotopic (exact) mass is 300 g/mol. The Morgan fingerprint density at radius 2 is 1.24 bits per heavy atom. The first-order valence-electron chi connectivity index (χ1n) is 8.19. The standard InChI is InChI=1S/C17H32O4/c1-17(2,3)14(16(20)21)12-10-8-6-4-5-7-9-11-13-15(18)19/h14H,4-13H2,1-3H3,(H,18,19)(H,20,21). The second kappa shape index (κ2) is 10.6. The minimum atomic E-state index is -0.707. The summed E-state index contributed by atoms with van der Waals surface area (Å²) in [6.07, 6.45) is 9.46. The van der Waals surface area contributed by atoms with Gasteiger partial charge in [0.1, 0.15) is 0 Å². The Kier molecular flexibility index (Phi) is 10.1. The van der Waals surface area contributed by atoms with Gasteiger partial charge in [-0.2, -0.15) is 0 Å². The third kappa shape index (κ3) is 11.3. The lowest BCUT2D eigenvalue weighted by molar-refractivity contribution is -0.146. The first kappa shape index (κ1) is 19.9. The van der Waals surface area contributed by atoms with Gasteiger partial charge in [0, 0.05) is 6.42 Å². The van der Waals surface area contributed by atoms with Crippen molar-refractivity contribution >= 4 is 11.9 Å². The predicted molar refractivity (Wildman–Crippen MR) is 84.4 cm³/mol.